The molecule has 0 atom stereocenters. The van der Waals surface area contributed by atoms with Crippen molar-refractivity contribution in [1.82, 2.24) is 10.3 Å². The maximum atomic E-state index is 5.95. The van der Waals surface area contributed by atoms with Crippen molar-refractivity contribution in [3.05, 3.63) is 33.8 Å². The van der Waals surface area contributed by atoms with E-state index < -0.39 is 0 Å². The minimum absolute atomic E-state index is 0.129. The Hall–Kier alpha value is -1.79. The molecule has 0 saturated carbocycles. The molecular weight excluding hydrogens is 265 g/mol. The van der Waals surface area contributed by atoms with E-state index in [0.29, 0.717) is 15.6 Å². The smallest absolute Gasteiger partial charge is 0.235 e. The average molecular weight is 272 g/mol. The fraction of sp³-hybridized carbons (Fsp3) is 0. The predicted octanol–water partition coefficient (Wildman–Crippen LogP) is 2.40. The lowest BCUT2D eigenvalue weighted by Gasteiger charge is -1.98. The molecule has 0 radical (unpaired) electrons. The Kier molecular flexibility index (Phi) is 3.46. The molecule has 88 valence electrons. The summed E-state index contributed by atoms with van der Waals surface area (Å²) in [5.41, 5.74) is 8.70. The number of anilines is 2. The van der Waals surface area contributed by atoms with Gasteiger partial charge < -0.3 is 5.73 Å². The SMILES string of the molecule is Nc1nonc1NN=Cc1ccc(Cl)cc1Cl. The van der Waals surface area contributed by atoms with Crippen LogP contribution in [0.1, 0.15) is 5.56 Å². The summed E-state index contributed by atoms with van der Waals surface area (Å²) in [6.45, 7) is 0. The van der Waals surface area contributed by atoms with Crippen molar-refractivity contribution in [3.63, 3.8) is 0 Å². The molecule has 8 heteroatoms. The van der Waals surface area contributed by atoms with Gasteiger partial charge in [-0.2, -0.15) is 5.10 Å². The largest absolute Gasteiger partial charge is 0.378 e. The van der Waals surface area contributed by atoms with Gasteiger partial charge >= 0.3 is 0 Å². The number of hydrogen-bond acceptors (Lipinski definition) is 6. The number of hydrazone groups is 1. The molecule has 0 unspecified atom stereocenters. The van der Waals surface area contributed by atoms with Crippen LogP contribution in [0.3, 0.4) is 0 Å². The highest BCUT2D eigenvalue weighted by atomic mass is 35.5. The molecule has 1 aromatic heterocycles. The quantitative estimate of drug-likeness (QED) is 0.661. The zero-order valence-corrected chi connectivity index (χ0v) is 9.90. The molecule has 0 aliphatic carbocycles. The van der Waals surface area contributed by atoms with Crippen LogP contribution in [0.25, 0.3) is 0 Å². The highest BCUT2D eigenvalue weighted by Gasteiger charge is 2.03. The molecule has 0 spiro atoms. The van der Waals surface area contributed by atoms with E-state index in [4.69, 9.17) is 28.9 Å². The summed E-state index contributed by atoms with van der Waals surface area (Å²) < 4.78 is 4.38. The molecule has 0 fully saturated rings. The van der Waals surface area contributed by atoms with Gasteiger partial charge in [-0.15, -0.1) is 0 Å². The number of rotatable bonds is 3. The molecule has 3 N–H and O–H groups in total. The maximum absolute atomic E-state index is 5.95. The summed E-state index contributed by atoms with van der Waals surface area (Å²) in [6, 6.07) is 5.07. The number of nitrogens with one attached hydrogen (secondary N) is 1. The van der Waals surface area contributed by atoms with Gasteiger partial charge in [-0.05, 0) is 22.4 Å². The van der Waals surface area contributed by atoms with E-state index in [1.165, 1.54) is 6.21 Å². The maximum Gasteiger partial charge on any atom is 0.235 e. The lowest BCUT2D eigenvalue weighted by atomic mass is 10.2. The number of aromatic nitrogens is 2. The monoisotopic (exact) mass is 271 g/mol. The molecule has 0 bridgehead atoms. The van der Waals surface area contributed by atoms with E-state index in [1.807, 2.05) is 0 Å². The molecular formula is C9H7Cl2N5O. The third kappa shape index (κ3) is 2.86. The van der Waals surface area contributed by atoms with Crippen LogP contribution < -0.4 is 11.2 Å². The summed E-state index contributed by atoms with van der Waals surface area (Å²) in [6.07, 6.45) is 1.51. The van der Waals surface area contributed by atoms with Gasteiger partial charge in [0.25, 0.3) is 0 Å². The molecule has 2 rings (SSSR count). The van der Waals surface area contributed by atoms with Crippen molar-refractivity contribution in [2.24, 2.45) is 5.10 Å². The topological polar surface area (TPSA) is 89.3 Å². The minimum atomic E-state index is 0.129. The first-order chi connectivity index (χ1) is 8.16. The fourth-order valence-electron chi connectivity index (χ4n) is 1.04. The van der Waals surface area contributed by atoms with Crippen molar-refractivity contribution in [2.45, 2.75) is 0 Å². The van der Waals surface area contributed by atoms with E-state index in [1.54, 1.807) is 18.2 Å². The lowest BCUT2D eigenvalue weighted by Crippen LogP contribution is -1.95. The third-order valence-electron chi connectivity index (χ3n) is 1.85. The molecule has 17 heavy (non-hydrogen) atoms. The molecule has 1 heterocycles. The predicted molar refractivity (Wildman–Crippen MR) is 66.4 cm³/mol. The van der Waals surface area contributed by atoms with Crippen molar-refractivity contribution in [3.8, 4) is 0 Å². The van der Waals surface area contributed by atoms with Crippen molar-refractivity contribution < 1.29 is 4.63 Å². The molecule has 2 aromatic rings. The van der Waals surface area contributed by atoms with E-state index >= 15 is 0 Å². The highest BCUT2D eigenvalue weighted by molar-refractivity contribution is 6.36. The van der Waals surface area contributed by atoms with Gasteiger partial charge in [-0.3, -0.25) is 5.43 Å². The van der Waals surface area contributed by atoms with Gasteiger partial charge in [0.05, 0.1) is 11.2 Å². The minimum Gasteiger partial charge on any atom is -0.378 e. The Labute approximate surface area is 106 Å². The standard InChI is InChI=1S/C9H7Cl2N5O/c10-6-2-1-5(7(11)3-6)4-13-14-9-8(12)15-17-16-9/h1-4H,(H2,12,15)(H,14,16). The van der Waals surface area contributed by atoms with Gasteiger partial charge in [-0.1, -0.05) is 29.3 Å². The molecule has 0 amide bonds. The lowest BCUT2D eigenvalue weighted by molar-refractivity contribution is 0.310. The van der Waals surface area contributed by atoms with Crippen LogP contribution in [0.4, 0.5) is 11.6 Å². The van der Waals surface area contributed by atoms with Crippen LogP contribution in [-0.4, -0.2) is 16.5 Å². The summed E-state index contributed by atoms with van der Waals surface area (Å²) in [5.74, 6) is 0.371. The second-order valence-corrected chi connectivity index (χ2v) is 3.88. The normalized spacial score (nSPS) is 10.9. The molecule has 1 aromatic carbocycles. The first kappa shape index (κ1) is 11.7. The first-order valence-electron chi connectivity index (χ1n) is 4.49. The highest BCUT2D eigenvalue weighted by Crippen LogP contribution is 2.19. The molecule has 0 aliphatic heterocycles. The summed E-state index contributed by atoms with van der Waals surface area (Å²) in [5, 5.41) is 11.8. The van der Waals surface area contributed by atoms with Gasteiger partial charge in [0, 0.05) is 10.6 Å². The number of nitrogens with zero attached hydrogens (tertiary/aromatic N) is 3. The second kappa shape index (κ2) is 5.03. The Morgan fingerprint density at radius 1 is 1.35 bits per heavy atom. The van der Waals surface area contributed by atoms with Crippen LogP contribution in [0.5, 0.6) is 0 Å². The summed E-state index contributed by atoms with van der Waals surface area (Å²) >= 11 is 11.7. The van der Waals surface area contributed by atoms with Crippen LogP contribution in [0, 0.1) is 0 Å². The Bertz CT molecular complexity index is 554. The number of nitrogens with two attached hydrogens (primary N) is 1. The summed E-state index contributed by atoms with van der Waals surface area (Å²) in [4.78, 5) is 0. The third-order valence-corrected chi connectivity index (χ3v) is 2.41. The second-order valence-electron chi connectivity index (χ2n) is 3.03. The number of nitrogen functional groups attached to an aromatic ring is 1. The van der Waals surface area contributed by atoms with Gasteiger partial charge in [0.1, 0.15) is 0 Å². The van der Waals surface area contributed by atoms with Gasteiger partial charge in [0.2, 0.25) is 11.6 Å². The van der Waals surface area contributed by atoms with Crippen LogP contribution in [-0.2, 0) is 0 Å². The van der Waals surface area contributed by atoms with Crippen molar-refractivity contribution in [2.75, 3.05) is 11.2 Å². The first-order valence-corrected chi connectivity index (χ1v) is 5.24. The molecule has 6 nitrogen and oxygen atoms in total. The number of halogens is 2. The van der Waals surface area contributed by atoms with Crippen LogP contribution in [0.15, 0.2) is 27.9 Å². The Morgan fingerprint density at radius 2 is 2.18 bits per heavy atom. The van der Waals surface area contributed by atoms with Gasteiger partial charge in [-0.25, -0.2) is 4.63 Å². The molecule has 0 aliphatic rings. The zero-order chi connectivity index (χ0) is 12.3. The Morgan fingerprint density at radius 3 is 2.82 bits per heavy atom. The van der Waals surface area contributed by atoms with E-state index in [-0.39, 0.29) is 11.6 Å². The van der Waals surface area contributed by atoms with E-state index in [2.05, 4.69) is 25.5 Å². The Balaban J connectivity index is 2.08. The number of benzene rings is 1. The molecule has 0 saturated heterocycles. The van der Waals surface area contributed by atoms with E-state index in [0.717, 1.165) is 0 Å². The number of hydrogen-bond donors (Lipinski definition) is 2. The zero-order valence-electron chi connectivity index (χ0n) is 8.39. The summed E-state index contributed by atoms with van der Waals surface area (Å²) in [7, 11) is 0. The van der Waals surface area contributed by atoms with Crippen molar-refractivity contribution in [1.29, 1.82) is 0 Å². The van der Waals surface area contributed by atoms with Crippen LogP contribution >= 0.6 is 23.2 Å². The van der Waals surface area contributed by atoms with E-state index in [9.17, 15) is 0 Å². The van der Waals surface area contributed by atoms with Crippen LogP contribution in [0.2, 0.25) is 10.0 Å². The fourth-order valence-corrected chi connectivity index (χ4v) is 1.50. The average Bonchev–Trinajstić information content (AvgIpc) is 2.68. The van der Waals surface area contributed by atoms with Crippen molar-refractivity contribution >= 4 is 41.1 Å². The van der Waals surface area contributed by atoms with Gasteiger partial charge in [0.15, 0.2) is 0 Å².